The molecule has 0 unspecified atom stereocenters. The van der Waals surface area contributed by atoms with Crippen LogP contribution in [0.1, 0.15) is 19.4 Å². The van der Waals surface area contributed by atoms with Gasteiger partial charge in [-0.1, -0.05) is 0 Å². The predicted octanol–water partition coefficient (Wildman–Crippen LogP) is 1.62. The van der Waals surface area contributed by atoms with E-state index in [1.807, 2.05) is 26.0 Å². The lowest BCUT2D eigenvalue weighted by Crippen LogP contribution is -2.29. The third-order valence-electron chi connectivity index (χ3n) is 2.39. The van der Waals surface area contributed by atoms with Gasteiger partial charge in [-0.15, -0.1) is 0 Å². The van der Waals surface area contributed by atoms with E-state index in [4.69, 9.17) is 19.9 Å². The lowest BCUT2D eigenvalue weighted by Gasteiger charge is -2.22. The van der Waals surface area contributed by atoms with Gasteiger partial charge < -0.3 is 19.9 Å². The first-order chi connectivity index (χ1) is 7.02. The van der Waals surface area contributed by atoms with E-state index in [9.17, 15) is 0 Å². The van der Waals surface area contributed by atoms with Crippen molar-refractivity contribution in [2.24, 2.45) is 5.73 Å². The van der Waals surface area contributed by atoms with Crippen molar-refractivity contribution in [3.05, 3.63) is 17.7 Å². The summed E-state index contributed by atoms with van der Waals surface area (Å²) in [6, 6.07) is 3.69. The Balaban J connectivity index is 2.54. The molecule has 0 atom stereocenters. The number of nitrogens with two attached hydrogens (primary N) is 1. The molecule has 1 aromatic rings. The van der Waals surface area contributed by atoms with Crippen LogP contribution in [0.2, 0.25) is 0 Å². The monoisotopic (exact) mass is 209 g/mol. The quantitative estimate of drug-likeness (QED) is 0.804. The number of methoxy groups -OCH3 is 1. The van der Waals surface area contributed by atoms with Crippen LogP contribution < -0.4 is 19.9 Å². The van der Waals surface area contributed by atoms with Crippen molar-refractivity contribution in [3.8, 4) is 17.2 Å². The second-order valence-corrected chi connectivity index (χ2v) is 4.13. The summed E-state index contributed by atoms with van der Waals surface area (Å²) in [6.07, 6.45) is 0. The fraction of sp³-hybridized carbons (Fsp3) is 0.455. The lowest BCUT2D eigenvalue weighted by atomic mass is 9.94. The molecule has 2 N–H and O–H groups in total. The van der Waals surface area contributed by atoms with E-state index in [0.29, 0.717) is 5.75 Å². The molecule has 0 fully saturated rings. The summed E-state index contributed by atoms with van der Waals surface area (Å²) in [6.45, 7) is 4.10. The molecule has 4 nitrogen and oxygen atoms in total. The molecule has 0 amide bonds. The van der Waals surface area contributed by atoms with Crippen LogP contribution in [-0.4, -0.2) is 13.9 Å². The third-order valence-corrected chi connectivity index (χ3v) is 2.39. The maximum atomic E-state index is 6.05. The molecule has 0 bridgehead atoms. The van der Waals surface area contributed by atoms with Gasteiger partial charge in [-0.3, -0.25) is 0 Å². The number of hydrogen-bond acceptors (Lipinski definition) is 4. The van der Waals surface area contributed by atoms with Crippen LogP contribution >= 0.6 is 0 Å². The molecule has 0 aliphatic carbocycles. The first kappa shape index (κ1) is 10.1. The molecule has 0 saturated carbocycles. The van der Waals surface area contributed by atoms with Crippen molar-refractivity contribution >= 4 is 0 Å². The average molecular weight is 209 g/mol. The Morgan fingerprint density at radius 3 is 2.40 bits per heavy atom. The van der Waals surface area contributed by atoms with Gasteiger partial charge in [0.25, 0.3) is 0 Å². The fourth-order valence-corrected chi connectivity index (χ4v) is 1.60. The molecular formula is C11H15NO3. The molecule has 0 aromatic heterocycles. The number of rotatable bonds is 2. The summed E-state index contributed by atoms with van der Waals surface area (Å²) in [4.78, 5) is 0. The zero-order chi connectivity index (χ0) is 11.1. The Morgan fingerprint density at radius 1 is 1.27 bits per heavy atom. The van der Waals surface area contributed by atoms with Crippen molar-refractivity contribution in [3.63, 3.8) is 0 Å². The number of benzene rings is 1. The smallest absolute Gasteiger partial charge is 0.231 e. The highest BCUT2D eigenvalue weighted by molar-refractivity contribution is 5.53. The largest absolute Gasteiger partial charge is 0.496 e. The van der Waals surface area contributed by atoms with Crippen LogP contribution in [0.15, 0.2) is 12.1 Å². The minimum Gasteiger partial charge on any atom is -0.496 e. The second-order valence-electron chi connectivity index (χ2n) is 4.13. The molecule has 2 rings (SSSR count). The molecule has 82 valence electrons. The highest BCUT2D eigenvalue weighted by Gasteiger charge is 2.24. The lowest BCUT2D eigenvalue weighted by molar-refractivity contribution is 0.174. The Kier molecular flexibility index (Phi) is 2.23. The zero-order valence-electron chi connectivity index (χ0n) is 9.16. The van der Waals surface area contributed by atoms with Crippen molar-refractivity contribution in [1.29, 1.82) is 0 Å². The summed E-state index contributed by atoms with van der Waals surface area (Å²) in [7, 11) is 1.62. The summed E-state index contributed by atoms with van der Waals surface area (Å²) in [5.74, 6) is 2.16. The van der Waals surface area contributed by atoms with Crippen molar-refractivity contribution in [2.75, 3.05) is 13.9 Å². The maximum Gasteiger partial charge on any atom is 0.231 e. The van der Waals surface area contributed by atoms with Gasteiger partial charge in [0.2, 0.25) is 6.79 Å². The summed E-state index contributed by atoms with van der Waals surface area (Å²) in [5, 5.41) is 0. The van der Waals surface area contributed by atoms with Gasteiger partial charge in [0.1, 0.15) is 5.75 Å². The predicted molar refractivity (Wildman–Crippen MR) is 56.3 cm³/mol. The molecule has 1 aliphatic rings. The third kappa shape index (κ3) is 1.72. The van der Waals surface area contributed by atoms with E-state index in [1.165, 1.54) is 0 Å². The highest BCUT2D eigenvalue weighted by atomic mass is 16.7. The molecule has 1 aliphatic heterocycles. The van der Waals surface area contributed by atoms with E-state index in [2.05, 4.69) is 0 Å². The Morgan fingerprint density at radius 2 is 1.87 bits per heavy atom. The van der Waals surface area contributed by atoms with Gasteiger partial charge in [0, 0.05) is 17.2 Å². The molecule has 15 heavy (non-hydrogen) atoms. The van der Waals surface area contributed by atoms with E-state index < -0.39 is 5.54 Å². The minimum absolute atomic E-state index is 0.257. The van der Waals surface area contributed by atoms with Crippen molar-refractivity contribution in [1.82, 2.24) is 0 Å². The van der Waals surface area contributed by atoms with Crippen molar-refractivity contribution in [2.45, 2.75) is 19.4 Å². The van der Waals surface area contributed by atoms with E-state index in [1.54, 1.807) is 7.11 Å². The Bertz CT molecular complexity index is 382. The van der Waals surface area contributed by atoms with Gasteiger partial charge in [-0.05, 0) is 19.9 Å². The second kappa shape index (κ2) is 3.31. The van der Waals surface area contributed by atoms with E-state index >= 15 is 0 Å². The molecule has 4 heteroatoms. The van der Waals surface area contributed by atoms with Crippen LogP contribution in [0, 0.1) is 0 Å². The van der Waals surface area contributed by atoms with Crippen LogP contribution in [-0.2, 0) is 5.54 Å². The van der Waals surface area contributed by atoms with Gasteiger partial charge >= 0.3 is 0 Å². The summed E-state index contributed by atoms with van der Waals surface area (Å²) >= 11 is 0. The normalized spacial score (nSPS) is 14.1. The molecule has 0 radical (unpaired) electrons. The van der Waals surface area contributed by atoms with E-state index in [0.717, 1.165) is 17.1 Å². The minimum atomic E-state index is -0.466. The van der Waals surface area contributed by atoms with Gasteiger partial charge in [-0.25, -0.2) is 0 Å². The van der Waals surface area contributed by atoms with Crippen LogP contribution in [0.3, 0.4) is 0 Å². The van der Waals surface area contributed by atoms with Gasteiger partial charge in [0.05, 0.1) is 7.11 Å². The summed E-state index contributed by atoms with van der Waals surface area (Å²) < 4.78 is 15.8. The summed E-state index contributed by atoms with van der Waals surface area (Å²) in [5.41, 5.74) is 6.50. The van der Waals surface area contributed by atoms with E-state index in [-0.39, 0.29) is 6.79 Å². The van der Waals surface area contributed by atoms with Gasteiger partial charge in [-0.2, -0.15) is 0 Å². The van der Waals surface area contributed by atoms with Gasteiger partial charge in [0.15, 0.2) is 11.5 Å². The topological polar surface area (TPSA) is 53.7 Å². The molecule has 0 spiro atoms. The standard InChI is InChI=1S/C11H15NO3/c1-11(2,12)7-4-9-10(15-6-14-9)5-8(7)13-3/h4-5H,6,12H2,1-3H3. The highest BCUT2D eigenvalue weighted by Crippen LogP contribution is 2.40. The first-order valence-electron chi connectivity index (χ1n) is 4.79. The number of hydrogen-bond donors (Lipinski definition) is 1. The Labute approximate surface area is 88.9 Å². The molecular weight excluding hydrogens is 194 g/mol. The van der Waals surface area contributed by atoms with Crippen LogP contribution in [0.25, 0.3) is 0 Å². The van der Waals surface area contributed by atoms with Crippen LogP contribution in [0.4, 0.5) is 0 Å². The first-order valence-corrected chi connectivity index (χ1v) is 4.79. The molecule has 0 saturated heterocycles. The number of fused-ring (bicyclic) bond motifs is 1. The fourth-order valence-electron chi connectivity index (χ4n) is 1.60. The molecule has 1 aromatic carbocycles. The number of ether oxygens (including phenoxy) is 3. The zero-order valence-corrected chi connectivity index (χ0v) is 9.16. The van der Waals surface area contributed by atoms with Crippen LogP contribution in [0.5, 0.6) is 17.2 Å². The van der Waals surface area contributed by atoms with Crippen molar-refractivity contribution < 1.29 is 14.2 Å². The maximum absolute atomic E-state index is 6.05. The SMILES string of the molecule is COc1cc2c(cc1C(C)(C)N)OCO2. The average Bonchev–Trinajstić information content (AvgIpc) is 2.60. The Hall–Kier alpha value is -1.42. The molecule has 1 heterocycles.